The van der Waals surface area contributed by atoms with Crippen LogP contribution in [0.25, 0.3) is 5.57 Å². The Morgan fingerprint density at radius 1 is 1.65 bits per heavy atom. The van der Waals surface area contributed by atoms with E-state index in [0.29, 0.717) is 5.57 Å². The van der Waals surface area contributed by atoms with Crippen LogP contribution in [0.3, 0.4) is 0 Å². The van der Waals surface area contributed by atoms with Gasteiger partial charge in [0.1, 0.15) is 17.6 Å². The molecule has 0 unspecified atom stereocenters. The van der Waals surface area contributed by atoms with E-state index in [4.69, 9.17) is 10.00 Å². The summed E-state index contributed by atoms with van der Waals surface area (Å²) < 4.78 is 18.3. The van der Waals surface area contributed by atoms with E-state index in [-0.39, 0.29) is 17.1 Å². The van der Waals surface area contributed by atoms with Crippen molar-refractivity contribution < 1.29 is 9.13 Å². The maximum atomic E-state index is 13.4. The summed E-state index contributed by atoms with van der Waals surface area (Å²) in [6.07, 6.45) is 2.30. The third-order valence-corrected chi connectivity index (χ3v) is 1.89. The van der Waals surface area contributed by atoms with Crippen molar-refractivity contribution in [2.24, 2.45) is 4.99 Å². The van der Waals surface area contributed by atoms with E-state index >= 15 is 0 Å². The number of halogens is 1. The summed E-state index contributed by atoms with van der Waals surface area (Å²) in [7, 11) is 1.43. The Labute approximate surface area is 98.4 Å². The molecule has 1 heterocycles. The lowest BCUT2D eigenvalue weighted by molar-refractivity contribution is 0.395. The zero-order valence-electron chi connectivity index (χ0n) is 9.27. The summed E-state index contributed by atoms with van der Waals surface area (Å²) in [5.74, 6) is -0.264. The Morgan fingerprint density at radius 2 is 2.35 bits per heavy atom. The van der Waals surface area contributed by atoms with Gasteiger partial charge in [0.2, 0.25) is 5.88 Å². The maximum absolute atomic E-state index is 13.4. The molecule has 0 spiro atoms. The fourth-order valence-corrected chi connectivity index (χ4v) is 1.03. The number of methoxy groups -OCH3 is 1. The van der Waals surface area contributed by atoms with Crippen LogP contribution < -0.4 is 4.74 Å². The molecule has 86 valence electrons. The first-order valence-electron chi connectivity index (χ1n) is 4.60. The van der Waals surface area contributed by atoms with Gasteiger partial charge in [0.05, 0.1) is 13.3 Å². The molecule has 0 bridgehead atoms. The van der Waals surface area contributed by atoms with Crippen LogP contribution >= 0.6 is 0 Å². The average molecular weight is 231 g/mol. The van der Waals surface area contributed by atoms with Crippen molar-refractivity contribution in [3.8, 4) is 11.9 Å². The first-order valence-corrected chi connectivity index (χ1v) is 4.60. The molecule has 4 nitrogen and oxygen atoms in total. The highest BCUT2D eigenvalue weighted by atomic mass is 19.1. The minimum atomic E-state index is -0.537. The maximum Gasteiger partial charge on any atom is 0.213 e. The summed E-state index contributed by atoms with van der Waals surface area (Å²) in [5.41, 5.74) is 0.540. The monoisotopic (exact) mass is 231 g/mol. The highest BCUT2D eigenvalue weighted by Crippen LogP contribution is 2.19. The second-order valence-corrected chi connectivity index (χ2v) is 3.05. The van der Waals surface area contributed by atoms with Gasteiger partial charge in [0.25, 0.3) is 0 Å². The largest absolute Gasteiger partial charge is 0.481 e. The highest BCUT2D eigenvalue weighted by Gasteiger charge is 2.07. The number of ether oxygens (including phenoxy) is 1. The van der Waals surface area contributed by atoms with Gasteiger partial charge in [-0.2, -0.15) is 5.26 Å². The molecule has 0 fully saturated rings. The number of rotatable bonds is 4. The smallest absolute Gasteiger partial charge is 0.213 e. The van der Waals surface area contributed by atoms with Crippen molar-refractivity contribution in [1.29, 1.82) is 5.26 Å². The van der Waals surface area contributed by atoms with Crippen molar-refractivity contribution in [3.05, 3.63) is 42.5 Å². The molecule has 0 aliphatic carbocycles. The van der Waals surface area contributed by atoms with Gasteiger partial charge in [0, 0.05) is 17.8 Å². The molecule has 0 atom stereocenters. The zero-order chi connectivity index (χ0) is 12.8. The zero-order valence-corrected chi connectivity index (χ0v) is 9.27. The van der Waals surface area contributed by atoms with Crippen molar-refractivity contribution in [2.75, 3.05) is 7.11 Å². The fourth-order valence-electron chi connectivity index (χ4n) is 1.03. The summed E-state index contributed by atoms with van der Waals surface area (Å²) in [4.78, 5) is 7.41. The Balaban J connectivity index is 3.00. The van der Waals surface area contributed by atoms with E-state index in [9.17, 15) is 4.39 Å². The first kappa shape index (κ1) is 12.6. The molecule has 0 radical (unpaired) electrons. The number of nitrogens with zero attached hydrogens (tertiary/aromatic N) is 3. The number of hydrogen-bond acceptors (Lipinski definition) is 4. The summed E-state index contributed by atoms with van der Waals surface area (Å²) >= 11 is 0. The highest BCUT2D eigenvalue weighted by molar-refractivity contribution is 6.09. The van der Waals surface area contributed by atoms with Gasteiger partial charge in [-0.05, 0) is 5.57 Å². The van der Waals surface area contributed by atoms with Gasteiger partial charge in [-0.15, -0.1) is 0 Å². The predicted molar refractivity (Wildman–Crippen MR) is 63.0 cm³/mol. The van der Waals surface area contributed by atoms with Crippen LogP contribution in [0, 0.1) is 17.1 Å². The third kappa shape index (κ3) is 3.24. The van der Waals surface area contributed by atoms with Gasteiger partial charge < -0.3 is 4.74 Å². The molecule has 17 heavy (non-hydrogen) atoms. The molecular weight excluding hydrogens is 221 g/mol. The third-order valence-electron chi connectivity index (χ3n) is 1.89. The van der Waals surface area contributed by atoms with Crippen LogP contribution in [0.1, 0.15) is 5.56 Å². The lowest BCUT2D eigenvalue weighted by Gasteiger charge is -2.04. The lowest BCUT2D eigenvalue weighted by atomic mass is 10.1. The Morgan fingerprint density at radius 3 is 2.94 bits per heavy atom. The Bertz CT molecular complexity index is 529. The lowest BCUT2D eigenvalue weighted by Crippen LogP contribution is -1.95. The van der Waals surface area contributed by atoms with Gasteiger partial charge in [-0.25, -0.2) is 14.4 Å². The molecule has 1 aromatic rings. The van der Waals surface area contributed by atoms with Crippen molar-refractivity contribution in [3.63, 3.8) is 0 Å². The topological polar surface area (TPSA) is 58.3 Å². The van der Waals surface area contributed by atoms with E-state index in [2.05, 4.69) is 23.1 Å². The first-order chi connectivity index (χ1) is 8.08. The quantitative estimate of drug-likeness (QED) is 0.590. The van der Waals surface area contributed by atoms with Crippen molar-refractivity contribution in [2.45, 2.75) is 0 Å². The molecule has 0 amide bonds. The minimum absolute atomic E-state index is 0.0209. The Hall–Kier alpha value is -2.48. The predicted octanol–water partition coefficient (Wildman–Crippen LogP) is 2.35. The molecule has 0 aromatic carbocycles. The SMILES string of the molecule is C=C(C#N)/N=C/C(=C)c1cc(OC)ncc1F. The molecule has 0 aliphatic heterocycles. The van der Waals surface area contributed by atoms with E-state index in [0.717, 1.165) is 6.20 Å². The molecule has 0 saturated heterocycles. The number of aromatic nitrogens is 1. The van der Waals surface area contributed by atoms with Crippen LogP contribution in [-0.4, -0.2) is 18.3 Å². The van der Waals surface area contributed by atoms with E-state index < -0.39 is 5.82 Å². The van der Waals surface area contributed by atoms with Crippen LogP contribution in [0.4, 0.5) is 4.39 Å². The number of pyridine rings is 1. The molecule has 0 aliphatic rings. The average Bonchev–Trinajstić information content (AvgIpc) is 2.36. The van der Waals surface area contributed by atoms with Crippen molar-refractivity contribution >= 4 is 11.8 Å². The second-order valence-electron chi connectivity index (χ2n) is 3.05. The number of aliphatic imine (C=N–C) groups is 1. The van der Waals surface area contributed by atoms with Gasteiger partial charge in [-0.3, -0.25) is 0 Å². The molecule has 1 aromatic heterocycles. The van der Waals surface area contributed by atoms with E-state index in [1.165, 1.54) is 19.4 Å². The summed E-state index contributed by atoms with van der Waals surface area (Å²) in [5, 5.41) is 8.46. The van der Waals surface area contributed by atoms with Crippen LogP contribution in [0.5, 0.6) is 5.88 Å². The van der Waals surface area contributed by atoms with Gasteiger partial charge in [-0.1, -0.05) is 13.2 Å². The summed E-state index contributed by atoms with van der Waals surface area (Å²) in [6, 6.07) is 3.15. The molecule has 0 N–H and O–H groups in total. The molecular formula is C12H10FN3O. The van der Waals surface area contributed by atoms with Crippen LogP contribution in [-0.2, 0) is 0 Å². The van der Waals surface area contributed by atoms with Gasteiger partial charge >= 0.3 is 0 Å². The normalized spacial score (nSPS) is 9.94. The second kappa shape index (κ2) is 5.56. The fraction of sp³-hybridized carbons (Fsp3) is 0.0833. The minimum Gasteiger partial charge on any atom is -0.481 e. The van der Waals surface area contributed by atoms with Crippen molar-refractivity contribution in [1.82, 2.24) is 4.98 Å². The van der Waals surface area contributed by atoms with Gasteiger partial charge in [0.15, 0.2) is 0 Å². The van der Waals surface area contributed by atoms with Crippen LogP contribution in [0.15, 0.2) is 36.1 Å². The molecule has 5 heteroatoms. The van der Waals surface area contributed by atoms with E-state index in [1.54, 1.807) is 6.07 Å². The number of allylic oxidation sites excluding steroid dienone is 2. The molecule has 0 saturated carbocycles. The Kier molecular flexibility index (Phi) is 4.12. The van der Waals surface area contributed by atoms with E-state index in [1.807, 2.05) is 0 Å². The molecule has 1 rings (SSSR count). The van der Waals surface area contributed by atoms with Crippen LogP contribution in [0.2, 0.25) is 0 Å². The number of hydrogen-bond donors (Lipinski definition) is 0. The standard InChI is InChI=1S/C12H10FN3O/c1-8(6-15-9(2)5-14)10-4-12(17-3)16-7-11(10)13/h4,6-7H,1-2H2,3H3/b15-6+. The number of nitriles is 1. The summed E-state index contributed by atoms with van der Waals surface area (Å²) in [6.45, 7) is 7.01.